The first-order chi connectivity index (χ1) is 6.00. The highest BCUT2D eigenvalue weighted by molar-refractivity contribution is 9.11. The summed E-state index contributed by atoms with van der Waals surface area (Å²) in [7, 11) is 0. The van der Waals surface area contributed by atoms with Gasteiger partial charge < -0.3 is 9.84 Å². The molecule has 1 aromatic rings. The molecule has 0 aliphatic carbocycles. The molecule has 0 bridgehead atoms. The zero-order chi connectivity index (χ0) is 10.0. The Bertz CT molecular complexity index is 318. The Morgan fingerprint density at radius 3 is 2.38 bits per heavy atom. The Balaban J connectivity index is 3.01. The molecule has 0 amide bonds. The molecule has 6 heteroatoms. The third kappa shape index (κ3) is 2.80. The van der Waals surface area contributed by atoms with Gasteiger partial charge in [-0.2, -0.15) is 8.78 Å². The molecule has 0 aromatic heterocycles. The van der Waals surface area contributed by atoms with Gasteiger partial charge in [-0.1, -0.05) is 0 Å². The molecule has 1 rings (SSSR count). The van der Waals surface area contributed by atoms with E-state index in [0.29, 0.717) is 4.47 Å². The van der Waals surface area contributed by atoms with Crippen molar-refractivity contribution < 1.29 is 18.6 Å². The molecule has 13 heavy (non-hydrogen) atoms. The minimum absolute atomic E-state index is 0.0281. The monoisotopic (exact) mass is 316 g/mol. The normalized spacial score (nSPS) is 10.5. The standard InChI is InChI=1S/C7H4Br2F2O2/c8-3-2-6(13-7(10)11)4(9)1-5(3)12/h1-2,7,12H. The molecule has 0 unspecified atom stereocenters. The summed E-state index contributed by atoms with van der Waals surface area (Å²) in [6.07, 6.45) is 0. The number of rotatable bonds is 2. The van der Waals surface area contributed by atoms with E-state index in [1.54, 1.807) is 0 Å². The number of phenolic OH excluding ortho intramolecular Hbond substituents is 1. The maximum atomic E-state index is 11.8. The van der Waals surface area contributed by atoms with E-state index < -0.39 is 6.61 Å². The molecule has 0 saturated carbocycles. The lowest BCUT2D eigenvalue weighted by Crippen LogP contribution is -2.02. The zero-order valence-corrected chi connectivity index (χ0v) is 9.27. The number of hydrogen-bond acceptors (Lipinski definition) is 2. The van der Waals surface area contributed by atoms with E-state index in [1.807, 2.05) is 0 Å². The molecule has 0 heterocycles. The highest BCUT2D eigenvalue weighted by Gasteiger charge is 2.10. The van der Waals surface area contributed by atoms with Crippen LogP contribution >= 0.6 is 31.9 Å². The van der Waals surface area contributed by atoms with Crippen LogP contribution in [0.25, 0.3) is 0 Å². The molecule has 2 nitrogen and oxygen atoms in total. The molecule has 1 N–H and O–H groups in total. The van der Waals surface area contributed by atoms with Crippen LogP contribution in [-0.4, -0.2) is 11.7 Å². The molecule has 0 radical (unpaired) electrons. The van der Waals surface area contributed by atoms with E-state index in [1.165, 1.54) is 12.1 Å². The number of hydrogen-bond donors (Lipinski definition) is 1. The molecule has 0 fully saturated rings. The third-order valence-corrected chi connectivity index (χ3v) is 2.47. The second kappa shape index (κ2) is 4.23. The topological polar surface area (TPSA) is 29.5 Å². The molecular formula is C7H4Br2F2O2. The van der Waals surface area contributed by atoms with Crippen LogP contribution in [0.4, 0.5) is 8.78 Å². The van der Waals surface area contributed by atoms with Crippen LogP contribution in [0.1, 0.15) is 0 Å². The van der Waals surface area contributed by atoms with Crippen LogP contribution < -0.4 is 4.74 Å². The van der Waals surface area contributed by atoms with Gasteiger partial charge in [-0.25, -0.2) is 0 Å². The summed E-state index contributed by atoms with van der Waals surface area (Å²) in [6.45, 7) is -2.88. The lowest BCUT2D eigenvalue weighted by Gasteiger charge is -2.07. The van der Waals surface area contributed by atoms with E-state index >= 15 is 0 Å². The van der Waals surface area contributed by atoms with Crippen molar-refractivity contribution in [3.8, 4) is 11.5 Å². The van der Waals surface area contributed by atoms with Gasteiger partial charge in [-0.15, -0.1) is 0 Å². The number of ether oxygens (including phenoxy) is 1. The maximum absolute atomic E-state index is 11.8. The number of halogens is 4. The molecule has 0 atom stereocenters. The summed E-state index contributed by atoms with van der Waals surface area (Å²) in [5.41, 5.74) is 0. The average Bonchev–Trinajstić information content (AvgIpc) is 1.99. The van der Waals surface area contributed by atoms with Gasteiger partial charge in [0.1, 0.15) is 11.5 Å². The summed E-state index contributed by atoms with van der Waals surface area (Å²) < 4.78 is 28.4. The van der Waals surface area contributed by atoms with Gasteiger partial charge in [0, 0.05) is 0 Å². The van der Waals surface area contributed by atoms with Crippen LogP contribution in [0, 0.1) is 0 Å². The van der Waals surface area contributed by atoms with Gasteiger partial charge in [-0.3, -0.25) is 0 Å². The quantitative estimate of drug-likeness (QED) is 0.904. The van der Waals surface area contributed by atoms with Crippen LogP contribution in [-0.2, 0) is 0 Å². The smallest absolute Gasteiger partial charge is 0.387 e. The Kier molecular flexibility index (Phi) is 3.49. The first-order valence-electron chi connectivity index (χ1n) is 3.13. The average molecular weight is 318 g/mol. The van der Waals surface area contributed by atoms with Crippen molar-refractivity contribution in [2.75, 3.05) is 0 Å². The molecule has 72 valence electrons. The van der Waals surface area contributed by atoms with E-state index in [9.17, 15) is 8.78 Å². The van der Waals surface area contributed by atoms with Crippen LogP contribution in [0.2, 0.25) is 0 Å². The Morgan fingerprint density at radius 2 is 1.85 bits per heavy atom. The highest BCUT2D eigenvalue weighted by atomic mass is 79.9. The van der Waals surface area contributed by atoms with Gasteiger partial charge in [0.15, 0.2) is 0 Å². The highest BCUT2D eigenvalue weighted by Crippen LogP contribution is 2.35. The second-order valence-electron chi connectivity index (χ2n) is 2.11. The van der Waals surface area contributed by atoms with E-state index in [-0.39, 0.29) is 16.0 Å². The predicted octanol–water partition coefficient (Wildman–Crippen LogP) is 3.52. The van der Waals surface area contributed by atoms with Gasteiger partial charge in [0.2, 0.25) is 0 Å². The molecule has 0 spiro atoms. The Morgan fingerprint density at radius 1 is 1.23 bits per heavy atom. The van der Waals surface area contributed by atoms with E-state index in [0.717, 1.165) is 0 Å². The van der Waals surface area contributed by atoms with Gasteiger partial charge in [0.25, 0.3) is 0 Å². The summed E-state index contributed by atoms with van der Waals surface area (Å²) in [5, 5.41) is 9.14. The van der Waals surface area contributed by atoms with Crippen molar-refractivity contribution in [3.05, 3.63) is 21.1 Å². The summed E-state index contributed by atoms with van der Waals surface area (Å²) >= 11 is 5.94. The first kappa shape index (κ1) is 10.7. The van der Waals surface area contributed by atoms with E-state index in [2.05, 4.69) is 36.6 Å². The summed E-state index contributed by atoms with van der Waals surface area (Å²) in [6, 6.07) is 2.52. The zero-order valence-electron chi connectivity index (χ0n) is 6.10. The van der Waals surface area contributed by atoms with Crippen LogP contribution in [0.3, 0.4) is 0 Å². The SMILES string of the molecule is Oc1cc(Br)c(OC(F)F)cc1Br. The summed E-state index contributed by atoms with van der Waals surface area (Å²) in [5.74, 6) is -0.0758. The molecule has 1 aromatic carbocycles. The largest absolute Gasteiger partial charge is 0.507 e. The molecule has 0 aliphatic rings. The maximum Gasteiger partial charge on any atom is 0.387 e. The third-order valence-electron chi connectivity index (χ3n) is 1.22. The molecular weight excluding hydrogens is 314 g/mol. The van der Waals surface area contributed by atoms with Crippen molar-refractivity contribution >= 4 is 31.9 Å². The molecule has 0 saturated heterocycles. The number of aromatic hydroxyl groups is 1. The lowest BCUT2D eigenvalue weighted by molar-refractivity contribution is -0.0504. The summed E-state index contributed by atoms with van der Waals surface area (Å²) in [4.78, 5) is 0. The van der Waals surface area contributed by atoms with Crippen molar-refractivity contribution in [3.63, 3.8) is 0 Å². The van der Waals surface area contributed by atoms with Crippen molar-refractivity contribution in [1.82, 2.24) is 0 Å². The number of benzene rings is 1. The lowest BCUT2D eigenvalue weighted by atomic mass is 10.3. The minimum Gasteiger partial charge on any atom is -0.507 e. The van der Waals surface area contributed by atoms with Crippen molar-refractivity contribution in [2.45, 2.75) is 6.61 Å². The number of phenols is 1. The second-order valence-corrected chi connectivity index (χ2v) is 3.82. The Hall–Kier alpha value is -0.360. The fourth-order valence-corrected chi connectivity index (χ4v) is 1.45. The van der Waals surface area contributed by atoms with E-state index in [4.69, 9.17) is 5.11 Å². The van der Waals surface area contributed by atoms with Crippen molar-refractivity contribution in [1.29, 1.82) is 0 Å². The Labute approximate surface area is 89.8 Å². The number of alkyl halides is 2. The van der Waals surface area contributed by atoms with Crippen LogP contribution in [0.15, 0.2) is 21.1 Å². The van der Waals surface area contributed by atoms with Crippen LogP contribution in [0.5, 0.6) is 11.5 Å². The molecule has 0 aliphatic heterocycles. The van der Waals surface area contributed by atoms with Crippen molar-refractivity contribution in [2.24, 2.45) is 0 Å². The minimum atomic E-state index is -2.88. The first-order valence-corrected chi connectivity index (χ1v) is 4.72. The fraction of sp³-hybridized carbons (Fsp3) is 0.143. The van der Waals surface area contributed by atoms with Gasteiger partial charge in [-0.05, 0) is 44.0 Å². The fourth-order valence-electron chi connectivity index (χ4n) is 0.704. The van der Waals surface area contributed by atoms with Gasteiger partial charge in [0.05, 0.1) is 8.95 Å². The van der Waals surface area contributed by atoms with Gasteiger partial charge >= 0.3 is 6.61 Å². The predicted molar refractivity (Wildman–Crippen MR) is 50.1 cm³/mol.